The molecule has 19 heavy (non-hydrogen) atoms. The van der Waals surface area contributed by atoms with Gasteiger partial charge in [-0.2, -0.15) is 0 Å². The van der Waals surface area contributed by atoms with E-state index in [9.17, 15) is 9.59 Å². The molecule has 0 saturated carbocycles. The van der Waals surface area contributed by atoms with Crippen molar-refractivity contribution in [2.75, 3.05) is 13.2 Å². The number of carbonyl (C=O) groups excluding carboxylic acids is 2. The first-order valence-corrected chi connectivity index (χ1v) is 6.74. The third-order valence-electron chi connectivity index (χ3n) is 3.32. The summed E-state index contributed by atoms with van der Waals surface area (Å²) in [5, 5.41) is 0. The van der Waals surface area contributed by atoms with Gasteiger partial charge in [0.25, 0.3) is 5.91 Å². The van der Waals surface area contributed by atoms with Crippen LogP contribution in [0.3, 0.4) is 0 Å². The van der Waals surface area contributed by atoms with Gasteiger partial charge in [-0.3, -0.25) is 9.59 Å². The predicted molar refractivity (Wildman–Crippen MR) is 71.8 cm³/mol. The van der Waals surface area contributed by atoms with Crippen molar-refractivity contribution in [3.8, 4) is 0 Å². The molecule has 1 atom stereocenters. The van der Waals surface area contributed by atoms with E-state index in [0.29, 0.717) is 18.7 Å². The van der Waals surface area contributed by atoms with Crippen LogP contribution in [0.25, 0.3) is 0 Å². The van der Waals surface area contributed by atoms with Crippen LogP contribution in [0.1, 0.15) is 48.7 Å². The molecule has 2 rings (SSSR count). The van der Waals surface area contributed by atoms with Gasteiger partial charge in [0.1, 0.15) is 0 Å². The summed E-state index contributed by atoms with van der Waals surface area (Å²) in [6, 6.07) is 7.33. The van der Waals surface area contributed by atoms with Gasteiger partial charge in [0.15, 0.2) is 0 Å². The molecule has 4 nitrogen and oxygen atoms in total. The van der Waals surface area contributed by atoms with Crippen molar-refractivity contribution in [2.24, 2.45) is 0 Å². The average molecular weight is 261 g/mol. The van der Waals surface area contributed by atoms with Crippen LogP contribution >= 0.6 is 0 Å². The van der Waals surface area contributed by atoms with E-state index in [2.05, 4.69) is 0 Å². The summed E-state index contributed by atoms with van der Waals surface area (Å²) in [6.07, 6.45) is 1.11. The number of esters is 1. The van der Waals surface area contributed by atoms with Gasteiger partial charge in [0, 0.05) is 12.1 Å². The predicted octanol–water partition coefficient (Wildman–Crippen LogP) is 2.55. The lowest BCUT2D eigenvalue weighted by Crippen LogP contribution is -2.30. The van der Waals surface area contributed by atoms with Crippen molar-refractivity contribution in [1.82, 2.24) is 4.90 Å². The van der Waals surface area contributed by atoms with Crippen LogP contribution in [0.5, 0.6) is 0 Å². The molecule has 0 bridgehead atoms. The highest BCUT2D eigenvalue weighted by atomic mass is 16.5. The van der Waals surface area contributed by atoms with Crippen LogP contribution < -0.4 is 0 Å². The maximum Gasteiger partial charge on any atom is 0.308 e. The zero-order chi connectivity index (χ0) is 13.8. The Morgan fingerprint density at radius 1 is 1.32 bits per heavy atom. The first-order valence-electron chi connectivity index (χ1n) is 6.74. The maximum atomic E-state index is 12.3. The Kier molecular flexibility index (Phi) is 4.20. The first-order chi connectivity index (χ1) is 9.19. The molecular formula is C15H19NO3. The zero-order valence-corrected chi connectivity index (χ0v) is 11.4. The summed E-state index contributed by atoms with van der Waals surface area (Å²) in [7, 11) is 0. The summed E-state index contributed by atoms with van der Waals surface area (Å²) < 4.78 is 5.00. The number of ether oxygens (including phenoxy) is 1. The molecule has 1 aliphatic heterocycles. The number of fused-ring (bicyclic) bond motifs is 1. The summed E-state index contributed by atoms with van der Waals surface area (Å²) >= 11 is 0. The maximum absolute atomic E-state index is 12.3. The van der Waals surface area contributed by atoms with Crippen LogP contribution in [0.4, 0.5) is 0 Å². The minimum atomic E-state index is -0.252. The average Bonchev–Trinajstić information content (AvgIpc) is 2.66. The van der Waals surface area contributed by atoms with E-state index in [1.807, 2.05) is 31.2 Å². The molecular weight excluding hydrogens is 242 g/mol. The van der Waals surface area contributed by atoms with Gasteiger partial charge in [-0.1, -0.05) is 25.1 Å². The molecule has 0 N–H and O–H groups in total. The standard InChI is InChI=1S/C15H19NO3/c1-3-9-16-13(10-14(17)19-4-2)11-7-5-6-8-12(11)15(16)18/h5-8,13H,3-4,9-10H2,1-2H3. The number of rotatable bonds is 5. The number of carbonyl (C=O) groups is 2. The molecule has 0 spiro atoms. The molecule has 0 saturated heterocycles. The van der Waals surface area contributed by atoms with E-state index in [1.165, 1.54) is 0 Å². The van der Waals surface area contributed by atoms with Gasteiger partial charge in [-0.05, 0) is 25.0 Å². The second-order valence-electron chi connectivity index (χ2n) is 4.61. The van der Waals surface area contributed by atoms with Crippen molar-refractivity contribution in [3.63, 3.8) is 0 Å². The lowest BCUT2D eigenvalue weighted by atomic mass is 10.0. The fraction of sp³-hybridized carbons (Fsp3) is 0.467. The Bertz CT molecular complexity index is 484. The van der Waals surface area contributed by atoms with Gasteiger partial charge in [-0.25, -0.2) is 0 Å². The Hall–Kier alpha value is -1.84. The molecule has 0 fully saturated rings. The fourth-order valence-electron chi connectivity index (χ4n) is 2.54. The van der Waals surface area contributed by atoms with Crippen LogP contribution in [0.15, 0.2) is 24.3 Å². The third-order valence-corrected chi connectivity index (χ3v) is 3.32. The molecule has 1 heterocycles. The molecule has 1 aliphatic rings. The number of benzene rings is 1. The van der Waals surface area contributed by atoms with Gasteiger partial charge in [0.05, 0.1) is 19.1 Å². The number of hydrogen-bond acceptors (Lipinski definition) is 3. The quantitative estimate of drug-likeness (QED) is 0.765. The summed E-state index contributed by atoms with van der Waals surface area (Å²) in [5.41, 5.74) is 1.65. The molecule has 1 aromatic rings. The first kappa shape index (κ1) is 13.6. The van der Waals surface area contributed by atoms with Crippen molar-refractivity contribution < 1.29 is 14.3 Å². The fourth-order valence-corrected chi connectivity index (χ4v) is 2.54. The molecule has 1 aromatic carbocycles. The Morgan fingerprint density at radius 3 is 2.74 bits per heavy atom. The molecule has 0 radical (unpaired) electrons. The second kappa shape index (κ2) is 5.87. The smallest absolute Gasteiger partial charge is 0.308 e. The largest absolute Gasteiger partial charge is 0.466 e. The highest BCUT2D eigenvalue weighted by Crippen LogP contribution is 2.35. The number of amides is 1. The summed E-state index contributed by atoms with van der Waals surface area (Å²) in [6.45, 7) is 4.85. The second-order valence-corrected chi connectivity index (χ2v) is 4.61. The summed E-state index contributed by atoms with van der Waals surface area (Å²) in [5.74, 6) is -0.232. The minimum absolute atomic E-state index is 0.0201. The highest BCUT2D eigenvalue weighted by molar-refractivity contribution is 5.99. The molecule has 0 aromatic heterocycles. The van der Waals surface area contributed by atoms with E-state index in [0.717, 1.165) is 12.0 Å². The SMILES string of the molecule is CCCN1C(=O)c2ccccc2C1CC(=O)OCC. The molecule has 1 unspecified atom stereocenters. The van der Waals surface area contributed by atoms with Crippen molar-refractivity contribution in [2.45, 2.75) is 32.7 Å². The van der Waals surface area contributed by atoms with Crippen LogP contribution in [-0.2, 0) is 9.53 Å². The van der Waals surface area contributed by atoms with Crippen molar-refractivity contribution >= 4 is 11.9 Å². The van der Waals surface area contributed by atoms with E-state index in [1.54, 1.807) is 11.8 Å². The van der Waals surface area contributed by atoms with E-state index < -0.39 is 0 Å². The number of nitrogens with zero attached hydrogens (tertiary/aromatic N) is 1. The van der Waals surface area contributed by atoms with Crippen LogP contribution in [0.2, 0.25) is 0 Å². The van der Waals surface area contributed by atoms with Gasteiger partial charge >= 0.3 is 5.97 Å². The Labute approximate surface area is 113 Å². The van der Waals surface area contributed by atoms with E-state index in [-0.39, 0.29) is 24.3 Å². The molecule has 1 amide bonds. The van der Waals surface area contributed by atoms with Crippen molar-refractivity contribution in [1.29, 1.82) is 0 Å². The lowest BCUT2D eigenvalue weighted by molar-refractivity contribution is -0.144. The normalized spacial score (nSPS) is 17.5. The minimum Gasteiger partial charge on any atom is -0.466 e. The zero-order valence-electron chi connectivity index (χ0n) is 11.4. The monoisotopic (exact) mass is 261 g/mol. The highest BCUT2D eigenvalue weighted by Gasteiger charge is 2.37. The topological polar surface area (TPSA) is 46.6 Å². The molecule has 4 heteroatoms. The van der Waals surface area contributed by atoms with Gasteiger partial charge in [-0.15, -0.1) is 0 Å². The van der Waals surface area contributed by atoms with Gasteiger partial charge in [0.2, 0.25) is 0 Å². The Balaban J connectivity index is 2.26. The van der Waals surface area contributed by atoms with Crippen LogP contribution in [0, 0.1) is 0 Å². The van der Waals surface area contributed by atoms with Crippen LogP contribution in [-0.4, -0.2) is 29.9 Å². The number of hydrogen-bond donors (Lipinski definition) is 0. The van der Waals surface area contributed by atoms with Gasteiger partial charge < -0.3 is 9.64 Å². The van der Waals surface area contributed by atoms with E-state index in [4.69, 9.17) is 4.74 Å². The third kappa shape index (κ3) is 2.62. The Morgan fingerprint density at radius 2 is 2.05 bits per heavy atom. The van der Waals surface area contributed by atoms with E-state index >= 15 is 0 Å². The molecule has 102 valence electrons. The van der Waals surface area contributed by atoms with Crippen molar-refractivity contribution in [3.05, 3.63) is 35.4 Å². The molecule has 0 aliphatic carbocycles. The summed E-state index contributed by atoms with van der Waals surface area (Å²) in [4.78, 5) is 25.8. The lowest BCUT2D eigenvalue weighted by Gasteiger charge is -2.24.